The zero-order valence-electron chi connectivity index (χ0n) is 10.0. The van der Waals surface area contributed by atoms with E-state index < -0.39 is 0 Å². The Morgan fingerprint density at radius 1 is 1.53 bits per heavy atom. The first-order valence-electron chi connectivity index (χ1n) is 6.06. The average Bonchev–Trinajstić information content (AvgIpc) is 2.72. The number of hydrogen-bond acceptors (Lipinski definition) is 1. The Labute approximate surface area is 101 Å². The average molecular weight is 236 g/mol. The molecule has 0 saturated heterocycles. The van der Waals surface area contributed by atoms with Gasteiger partial charge in [0.15, 0.2) is 0 Å². The molecule has 1 aliphatic heterocycles. The highest BCUT2D eigenvalue weighted by molar-refractivity contribution is 5.94. The van der Waals surface area contributed by atoms with E-state index >= 15 is 0 Å². The van der Waals surface area contributed by atoms with E-state index in [9.17, 15) is 9.18 Å². The molecule has 2 amide bonds. The van der Waals surface area contributed by atoms with Crippen molar-refractivity contribution in [1.29, 1.82) is 0 Å². The summed E-state index contributed by atoms with van der Waals surface area (Å²) in [7, 11) is 0. The number of anilines is 1. The number of halogens is 1. The topological polar surface area (TPSA) is 32.3 Å². The summed E-state index contributed by atoms with van der Waals surface area (Å²) >= 11 is 0. The molecule has 0 spiro atoms. The van der Waals surface area contributed by atoms with Crippen molar-refractivity contribution >= 4 is 11.7 Å². The van der Waals surface area contributed by atoms with Crippen LogP contribution < -0.4 is 10.2 Å². The number of amides is 2. The fourth-order valence-electron chi connectivity index (χ4n) is 2.03. The van der Waals surface area contributed by atoms with Crippen molar-refractivity contribution in [2.45, 2.75) is 26.2 Å². The molecule has 1 N–H and O–H groups in total. The van der Waals surface area contributed by atoms with Crippen LogP contribution in [0.2, 0.25) is 0 Å². The monoisotopic (exact) mass is 236 g/mol. The van der Waals surface area contributed by atoms with E-state index in [2.05, 4.69) is 12.2 Å². The molecule has 1 heterocycles. The maximum absolute atomic E-state index is 13.1. The summed E-state index contributed by atoms with van der Waals surface area (Å²) in [5, 5.41) is 2.85. The van der Waals surface area contributed by atoms with E-state index in [4.69, 9.17) is 0 Å². The van der Waals surface area contributed by atoms with E-state index in [0.29, 0.717) is 18.8 Å². The molecule has 2 rings (SSSR count). The molecule has 1 aliphatic rings. The van der Waals surface area contributed by atoms with E-state index in [-0.39, 0.29) is 11.8 Å². The van der Waals surface area contributed by atoms with Crippen molar-refractivity contribution in [2.75, 3.05) is 18.0 Å². The molecule has 4 heteroatoms. The van der Waals surface area contributed by atoms with Crippen molar-refractivity contribution in [2.24, 2.45) is 0 Å². The van der Waals surface area contributed by atoms with Gasteiger partial charge < -0.3 is 5.32 Å². The zero-order valence-corrected chi connectivity index (χ0v) is 10.0. The molecule has 17 heavy (non-hydrogen) atoms. The van der Waals surface area contributed by atoms with Crippen molar-refractivity contribution in [3.8, 4) is 0 Å². The van der Waals surface area contributed by atoms with Gasteiger partial charge in [0.05, 0.1) is 5.69 Å². The van der Waals surface area contributed by atoms with Crippen LogP contribution in [0.3, 0.4) is 0 Å². The third kappa shape index (κ3) is 2.57. The van der Waals surface area contributed by atoms with Crippen LogP contribution in [-0.4, -0.2) is 19.1 Å². The molecule has 3 nitrogen and oxygen atoms in total. The first-order chi connectivity index (χ1) is 8.22. The second kappa shape index (κ2) is 5.17. The van der Waals surface area contributed by atoms with Crippen molar-refractivity contribution in [3.05, 3.63) is 29.6 Å². The van der Waals surface area contributed by atoms with Gasteiger partial charge in [0.25, 0.3) is 0 Å². The highest BCUT2D eigenvalue weighted by Gasteiger charge is 2.24. The minimum atomic E-state index is -0.294. The number of carbonyl (C=O) groups excluding carboxylic acids is 1. The number of fused-ring (bicyclic) bond motifs is 1. The van der Waals surface area contributed by atoms with Crippen LogP contribution in [0.15, 0.2) is 18.2 Å². The van der Waals surface area contributed by atoms with E-state index in [1.165, 1.54) is 12.1 Å². The number of carbonyl (C=O) groups is 1. The lowest BCUT2D eigenvalue weighted by Crippen LogP contribution is -2.39. The van der Waals surface area contributed by atoms with Gasteiger partial charge in [-0.15, -0.1) is 0 Å². The molecule has 0 bridgehead atoms. The summed E-state index contributed by atoms with van der Waals surface area (Å²) in [6.45, 7) is 3.39. The first-order valence-corrected chi connectivity index (χ1v) is 6.06. The van der Waals surface area contributed by atoms with Gasteiger partial charge in [-0.05, 0) is 30.5 Å². The maximum Gasteiger partial charge on any atom is 0.321 e. The smallest absolute Gasteiger partial charge is 0.321 e. The minimum absolute atomic E-state index is 0.122. The lowest BCUT2D eigenvalue weighted by atomic mass is 10.2. The van der Waals surface area contributed by atoms with Gasteiger partial charge in [-0.3, -0.25) is 4.90 Å². The van der Waals surface area contributed by atoms with E-state index in [1.54, 1.807) is 11.0 Å². The molecule has 0 saturated carbocycles. The van der Waals surface area contributed by atoms with E-state index in [1.807, 2.05) is 0 Å². The molecule has 92 valence electrons. The van der Waals surface area contributed by atoms with Gasteiger partial charge in [0, 0.05) is 13.1 Å². The number of unbranched alkanes of at least 4 members (excludes halogenated alkanes) is 1. The van der Waals surface area contributed by atoms with Gasteiger partial charge in [0.1, 0.15) is 5.82 Å². The lowest BCUT2D eigenvalue weighted by molar-refractivity contribution is 0.246. The third-order valence-corrected chi connectivity index (χ3v) is 2.99. The Balaban J connectivity index is 2.05. The number of hydrogen-bond donors (Lipinski definition) is 1. The van der Waals surface area contributed by atoms with Gasteiger partial charge in [-0.2, -0.15) is 0 Å². The third-order valence-electron chi connectivity index (χ3n) is 2.99. The molecule has 0 aromatic heterocycles. The Morgan fingerprint density at radius 2 is 2.35 bits per heavy atom. The molecular formula is C13H17FN2O. The fraction of sp³-hybridized carbons (Fsp3) is 0.462. The summed E-state index contributed by atoms with van der Waals surface area (Å²) in [6.07, 6.45) is 2.82. The maximum atomic E-state index is 13.1. The van der Waals surface area contributed by atoms with Crippen LogP contribution in [0.1, 0.15) is 25.3 Å². The van der Waals surface area contributed by atoms with Gasteiger partial charge in [0.2, 0.25) is 0 Å². The number of nitrogens with zero attached hydrogens (tertiary/aromatic N) is 1. The molecule has 1 aromatic carbocycles. The first kappa shape index (κ1) is 11.9. The second-order valence-electron chi connectivity index (χ2n) is 4.26. The standard InChI is InChI=1S/C13H17FN2O/c1-2-3-7-15-13(17)16-8-6-10-4-5-11(14)9-12(10)16/h4-5,9H,2-3,6-8H2,1H3,(H,15,17). The van der Waals surface area contributed by atoms with Gasteiger partial charge in [-0.25, -0.2) is 9.18 Å². The number of rotatable bonds is 3. The normalized spacial score (nSPS) is 13.6. The molecule has 0 fully saturated rings. The van der Waals surface area contributed by atoms with Crippen LogP contribution >= 0.6 is 0 Å². The van der Waals surface area contributed by atoms with E-state index in [0.717, 1.165) is 24.8 Å². The fourth-order valence-corrected chi connectivity index (χ4v) is 2.03. The summed E-state index contributed by atoms with van der Waals surface area (Å²) in [4.78, 5) is 13.5. The van der Waals surface area contributed by atoms with Crippen molar-refractivity contribution in [1.82, 2.24) is 5.32 Å². The molecule has 0 radical (unpaired) electrons. The van der Waals surface area contributed by atoms with Crippen LogP contribution in [0.4, 0.5) is 14.9 Å². The minimum Gasteiger partial charge on any atom is -0.338 e. The van der Waals surface area contributed by atoms with Crippen molar-refractivity contribution in [3.63, 3.8) is 0 Å². The summed E-state index contributed by atoms with van der Waals surface area (Å²) < 4.78 is 13.1. The quantitative estimate of drug-likeness (QED) is 0.804. The highest BCUT2D eigenvalue weighted by Crippen LogP contribution is 2.28. The zero-order chi connectivity index (χ0) is 12.3. The molecule has 0 aliphatic carbocycles. The molecule has 0 atom stereocenters. The number of benzene rings is 1. The number of urea groups is 1. The SMILES string of the molecule is CCCCNC(=O)N1CCc2ccc(F)cc21. The largest absolute Gasteiger partial charge is 0.338 e. The Kier molecular flexibility index (Phi) is 3.61. The second-order valence-corrected chi connectivity index (χ2v) is 4.26. The van der Waals surface area contributed by atoms with Gasteiger partial charge in [-0.1, -0.05) is 19.4 Å². The molecular weight excluding hydrogens is 219 g/mol. The number of nitrogens with one attached hydrogen (secondary N) is 1. The molecule has 1 aromatic rings. The lowest BCUT2D eigenvalue weighted by Gasteiger charge is -2.18. The van der Waals surface area contributed by atoms with Gasteiger partial charge >= 0.3 is 6.03 Å². The summed E-state index contributed by atoms with van der Waals surface area (Å²) in [5.41, 5.74) is 1.75. The predicted octanol–water partition coefficient (Wildman–Crippen LogP) is 2.70. The van der Waals surface area contributed by atoms with Crippen LogP contribution in [0.25, 0.3) is 0 Å². The Bertz CT molecular complexity index is 420. The van der Waals surface area contributed by atoms with Crippen LogP contribution in [-0.2, 0) is 6.42 Å². The van der Waals surface area contributed by atoms with Crippen LogP contribution in [0.5, 0.6) is 0 Å². The Morgan fingerprint density at radius 3 is 3.12 bits per heavy atom. The summed E-state index contributed by atoms with van der Waals surface area (Å²) in [5.74, 6) is -0.294. The summed E-state index contributed by atoms with van der Waals surface area (Å²) in [6, 6.07) is 4.51. The molecule has 0 unspecified atom stereocenters. The van der Waals surface area contributed by atoms with Crippen LogP contribution in [0, 0.1) is 5.82 Å². The predicted molar refractivity (Wildman–Crippen MR) is 65.8 cm³/mol. The Hall–Kier alpha value is -1.58. The van der Waals surface area contributed by atoms with Crippen molar-refractivity contribution < 1.29 is 9.18 Å². The highest BCUT2D eigenvalue weighted by atomic mass is 19.1.